The molecule has 0 spiro atoms. The summed E-state index contributed by atoms with van der Waals surface area (Å²) in [6, 6.07) is 0.401. The molecule has 0 radical (unpaired) electrons. The van der Waals surface area contributed by atoms with Crippen LogP contribution in [0, 0.1) is 0 Å². The van der Waals surface area contributed by atoms with Gasteiger partial charge in [0.1, 0.15) is 5.60 Å². The van der Waals surface area contributed by atoms with E-state index in [1.165, 1.54) is 0 Å². The number of ether oxygens (including phenoxy) is 1. The highest BCUT2D eigenvalue weighted by Crippen LogP contribution is 2.30. The molecule has 1 saturated heterocycles. The molecule has 4 heteroatoms. The van der Waals surface area contributed by atoms with Crippen LogP contribution in [0.5, 0.6) is 0 Å². The Balaban J connectivity index is 2.57. The number of hydrogen-bond donors (Lipinski definition) is 0. The third-order valence-electron chi connectivity index (χ3n) is 3.09. The maximum Gasteiger partial charge on any atom is 0.344 e. The zero-order valence-corrected chi connectivity index (χ0v) is 11.5. The molecule has 1 heterocycles. The summed E-state index contributed by atoms with van der Waals surface area (Å²) in [5, 5.41) is 0. The molecule has 1 aliphatic heterocycles. The zero-order chi connectivity index (χ0) is 13.3. The molecule has 1 rings (SSSR count). The predicted octanol–water partition coefficient (Wildman–Crippen LogP) is 2.54. The van der Waals surface area contributed by atoms with Crippen LogP contribution in [0.15, 0.2) is 0 Å². The lowest BCUT2D eigenvalue weighted by Crippen LogP contribution is -2.50. The van der Waals surface area contributed by atoms with Crippen molar-refractivity contribution in [2.45, 2.75) is 64.8 Å². The Morgan fingerprint density at radius 2 is 1.76 bits per heavy atom. The number of rotatable bonds is 2. The highest BCUT2D eigenvalue weighted by molar-refractivity contribution is 5.80. The summed E-state index contributed by atoms with van der Waals surface area (Å²) in [4.78, 5) is 14.0. The number of carbonyl (C=O) groups is 1. The molecule has 0 bridgehead atoms. The largest absolute Gasteiger partial charge is 0.458 e. The van der Waals surface area contributed by atoms with Gasteiger partial charge in [0.15, 0.2) is 0 Å². The van der Waals surface area contributed by atoms with E-state index in [-0.39, 0.29) is 12.8 Å². The Labute approximate surface area is 103 Å². The SMILES string of the molecule is CC(C)N1CCC(F)(C(=O)OC(C)(C)C)CC1. The second-order valence-corrected chi connectivity index (χ2v) is 6.10. The van der Waals surface area contributed by atoms with Gasteiger partial charge < -0.3 is 9.64 Å². The van der Waals surface area contributed by atoms with Crippen LogP contribution in [0.1, 0.15) is 47.5 Å². The zero-order valence-electron chi connectivity index (χ0n) is 11.5. The van der Waals surface area contributed by atoms with Crippen molar-refractivity contribution in [2.75, 3.05) is 13.1 Å². The van der Waals surface area contributed by atoms with Gasteiger partial charge in [-0.15, -0.1) is 0 Å². The van der Waals surface area contributed by atoms with Crippen molar-refractivity contribution in [2.24, 2.45) is 0 Å². The molecule has 0 unspecified atom stereocenters. The lowest BCUT2D eigenvalue weighted by Gasteiger charge is -2.38. The molecule has 100 valence electrons. The van der Waals surface area contributed by atoms with Gasteiger partial charge in [0, 0.05) is 32.0 Å². The second-order valence-electron chi connectivity index (χ2n) is 6.10. The van der Waals surface area contributed by atoms with Gasteiger partial charge in [-0.3, -0.25) is 0 Å². The van der Waals surface area contributed by atoms with E-state index in [4.69, 9.17) is 4.74 Å². The minimum Gasteiger partial charge on any atom is -0.458 e. The standard InChI is InChI=1S/C13H24FNO2/c1-10(2)15-8-6-13(14,7-9-15)11(16)17-12(3,4)5/h10H,6-9H2,1-5H3. The maximum absolute atomic E-state index is 14.4. The van der Waals surface area contributed by atoms with Crippen LogP contribution in [-0.2, 0) is 9.53 Å². The monoisotopic (exact) mass is 245 g/mol. The topological polar surface area (TPSA) is 29.5 Å². The van der Waals surface area contributed by atoms with E-state index in [0.717, 1.165) is 0 Å². The van der Waals surface area contributed by atoms with Crippen LogP contribution in [0.2, 0.25) is 0 Å². The third-order valence-corrected chi connectivity index (χ3v) is 3.09. The smallest absolute Gasteiger partial charge is 0.344 e. The summed E-state index contributed by atoms with van der Waals surface area (Å²) < 4.78 is 19.6. The number of carbonyl (C=O) groups excluding carboxylic acids is 1. The highest BCUT2D eigenvalue weighted by Gasteiger charge is 2.44. The molecule has 0 aliphatic carbocycles. The Bertz CT molecular complexity index is 276. The van der Waals surface area contributed by atoms with Crippen molar-refractivity contribution in [3.05, 3.63) is 0 Å². The van der Waals surface area contributed by atoms with E-state index < -0.39 is 17.2 Å². The van der Waals surface area contributed by atoms with Crippen LogP contribution in [0.4, 0.5) is 4.39 Å². The molecular weight excluding hydrogens is 221 g/mol. The first-order valence-corrected chi connectivity index (χ1v) is 6.30. The van der Waals surface area contributed by atoms with Crippen LogP contribution >= 0.6 is 0 Å². The van der Waals surface area contributed by atoms with Gasteiger partial charge in [0.25, 0.3) is 0 Å². The van der Waals surface area contributed by atoms with Crippen molar-refractivity contribution < 1.29 is 13.9 Å². The van der Waals surface area contributed by atoms with E-state index in [2.05, 4.69) is 18.7 Å². The molecule has 3 nitrogen and oxygen atoms in total. The molecule has 0 aromatic heterocycles. The van der Waals surface area contributed by atoms with E-state index in [1.807, 2.05) is 0 Å². The number of likely N-dealkylation sites (tertiary alicyclic amines) is 1. The summed E-state index contributed by atoms with van der Waals surface area (Å²) in [5.41, 5.74) is -2.41. The summed E-state index contributed by atoms with van der Waals surface area (Å²) in [5.74, 6) is -0.701. The van der Waals surface area contributed by atoms with Gasteiger partial charge >= 0.3 is 5.97 Å². The fourth-order valence-electron chi connectivity index (χ4n) is 1.97. The number of nitrogens with zero attached hydrogens (tertiary/aromatic N) is 1. The average Bonchev–Trinajstić information content (AvgIpc) is 2.15. The lowest BCUT2D eigenvalue weighted by molar-refractivity contribution is -0.173. The van der Waals surface area contributed by atoms with Crippen LogP contribution in [0.3, 0.4) is 0 Å². The fraction of sp³-hybridized carbons (Fsp3) is 0.923. The molecule has 0 aromatic carbocycles. The van der Waals surface area contributed by atoms with Crippen LogP contribution in [-0.4, -0.2) is 41.3 Å². The normalized spacial score (nSPS) is 21.6. The predicted molar refractivity (Wildman–Crippen MR) is 65.6 cm³/mol. The van der Waals surface area contributed by atoms with Crippen LogP contribution in [0.25, 0.3) is 0 Å². The molecule has 1 aliphatic rings. The molecule has 0 amide bonds. The Kier molecular flexibility index (Phi) is 4.18. The van der Waals surface area contributed by atoms with E-state index in [0.29, 0.717) is 19.1 Å². The van der Waals surface area contributed by atoms with Gasteiger partial charge in [-0.1, -0.05) is 0 Å². The van der Waals surface area contributed by atoms with E-state index >= 15 is 0 Å². The summed E-state index contributed by atoms with van der Waals surface area (Å²) in [7, 11) is 0. The minimum atomic E-state index is -1.79. The third kappa shape index (κ3) is 3.95. The van der Waals surface area contributed by atoms with Gasteiger partial charge in [0.2, 0.25) is 5.67 Å². The fourth-order valence-corrected chi connectivity index (χ4v) is 1.97. The number of alkyl halides is 1. The Morgan fingerprint density at radius 3 is 2.12 bits per heavy atom. The molecule has 0 atom stereocenters. The number of hydrogen-bond acceptors (Lipinski definition) is 3. The summed E-state index contributed by atoms with van der Waals surface area (Å²) in [6.07, 6.45) is 0.472. The number of piperidine rings is 1. The minimum absolute atomic E-state index is 0.236. The first kappa shape index (κ1) is 14.4. The first-order valence-electron chi connectivity index (χ1n) is 6.30. The molecule has 17 heavy (non-hydrogen) atoms. The van der Waals surface area contributed by atoms with Crippen LogP contribution < -0.4 is 0 Å². The highest BCUT2D eigenvalue weighted by atomic mass is 19.1. The molecule has 1 fully saturated rings. The Hall–Kier alpha value is -0.640. The average molecular weight is 245 g/mol. The summed E-state index contributed by atoms with van der Waals surface area (Å²) >= 11 is 0. The second kappa shape index (κ2) is 4.92. The van der Waals surface area contributed by atoms with Crippen molar-refractivity contribution in [3.8, 4) is 0 Å². The quantitative estimate of drug-likeness (QED) is 0.700. The van der Waals surface area contributed by atoms with E-state index in [9.17, 15) is 9.18 Å². The maximum atomic E-state index is 14.4. The van der Waals surface area contributed by atoms with E-state index in [1.54, 1.807) is 20.8 Å². The number of halogens is 1. The Morgan fingerprint density at radius 1 is 1.29 bits per heavy atom. The van der Waals surface area contributed by atoms with Gasteiger partial charge in [-0.2, -0.15) is 0 Å². The van der Waals surface area contributed by atoms with Gasteiger partial charge in [-0.05, 0) is 34.6 Å². The van der Waals surface area contributed by atoms with Crippen molar-refractivity contribution in [1.82, 2.24) is 4.90 Å². The van der Waals surface area contributed by atoms with Crippen molar-refractivity contribution >= 4 is 5.97 Å². The van der Waals surface area contributed by atoms with Gasteiger partial charge in [0.05, 0.1) is 0 Å². The molecule has 0 N–H and O–H groups in total. The van der Waals surface area contributed by atoms with Crippen molar-refractivity contribution in [1.29, 1.82) is 0 Å². The molecule has 0 aromatic rings. The van der Waals surface area contributed by atoms with Crippen molar-refractivity contribution in [3.63, 3.8) is 0 Å². The van der Waals surface area contributed by atoms with Gasteiger partial charge in [-0.25, -0.2) is 9.18 Å². The molecular formula is C13H24FNO2. The number of esters is 1. The summed E-state index contributed by atoms with van der Waals surface area (Å²) in [6.45, 7) is 10.7. The lowest BCUT2D eigenvalue weighted by atomic mass is 9.92. The molecule has 0 saturated carbocycles. The first-order chi connectivity index (χ1) is 7.64.